The topological polar surface area (TPSA) is 134 Å². The standard InChI is InChI=1S/C18H25N11S/c1-12-24-26-18(30-12)27-25-13-6-8-14(9-7-13)29(4)11-5-10-20-16-21-15(19)22-17(23-16)28(2)3/h6-9H,5,10-11H2,1-4H3,(H3,19,20,21,22,23). The molecule has 158 valence electrons. The molecule has 0 amide bonds. The Balaban J connectivity index is 1.47. The molecule has 0 saturated carbocycles. The van der Waals surface area contributed by atoms with Crippen molar-refractivity contribution in [3.05, 3.63) is 29.3 Å². The van der Waals surface area contributed by atoms with Gasteiger partial charge < -0.3 is 20.9 Å². The molecule has 2 aromatic heterocycles. The zero-order valence-electron chi connectivity index (χ0n) is 17.4. The molecule has 0 fully saturated rings. The summed E-state index contributed by atoms with van der Waals surface area (Å²) >= 11 is 1.41. The molecule has 0 saturated heterocycles. The Morgan fingerprint density at radius 3 is 2.47 bits per heavy atom. The van der Waals surface area contributed by atoms with Gasteiger partial charge in [0, 0.05) is 39.9 Å². The van der Waals surface area contributed by atoms with Gasteiger partial charge in [-0.25, -0.2) is 0 Å². The number of hydrogen-bond donors (Lipinski definition) is 2. The van der Waals surface area contributed by atoms with Crippen molar-refractivity contribution in [3.63, 3.8) is 0 Å². The summed E-state index contributed by atoms with van der Waals surface area (Å²) in [4.78, 5) is 16.5. The molecule has 0 spiro atoms. The molecule has 0 bridgehead atoms. The summed E-state index contributed by atoms with van der Waals surface area (Å²) in [6.07, 6.45) is 0.900. The van der Waals surface area contributed by atoms with Gasteiger partial charge in [0.1, 0.15) is 5.01 Å². The number of nitrogens with one attached hydrogen (secondary N) is 1. The molecule has 12 heteroatoms. The van der Waals surface area contributed by atoms with Crippen molar-refractivity contribution in [3.8, 4) is 0 Å². The maximum absolute atomic E-state index is 5.74. The summed E-state index contributed by atoms with van der Waals surface area (Å²) in [7, 11) is 5.76. The van der Waals surface area contributed by atoms with Gasteiger partial charge in [-0.3, -0.25) is 0 Å². The molecule has 3 rings (SSSR count). The highest BCUT2D eigenvalue weighted by Gasteiger charge is 2.06. The van der Waals surface area contributed by atoms with Crippen LogP contribution < -0.4 is 20.9 Å². The predicted molar refractivity (Wildman–Crippen MR) is 120 cm³/mol. The Morgan fingerprint density at radius 2 is 1.80 bits per heavy atom. The second-order valence-corrected chi connectivity index (χ2v) is 7.89. The molecule has 2 heterocycles. The lowest BCUT2D eigenvalue weighted by molar-refractivity contribution is 0.809. The normalized spacial score (nSPS) is 11.1. The van der Waals surface area contributed by atoms with Crippen LogP contribution in [0.5, 0.6) is 0 Å². The van der Waals surface area contributed by atoms with Gasteiger partial charge in [0.05, 0.1) is 5.69 Å². The van der Waals surface area contributed by atoms with E-state index in [1.54, 1.807) is 4.90 Å². The number of benzene rings is 1. The minimum Gasteiger partial charge on any atom is -0.375 e. The molecular weight excluding hydrogens is 402 g/mol. The van der Waals surface area contributed by atoms with Crippen LogP contribution in [0.15, 0.2) is 34.5 Å². The number of nitrogens with two attached hydrogens (primary N) is 1. The van der Waals surface area contributed by atoms with Gasteiger partial charge in [-0.05, 0) is 37.6 Å². The second-order valence-electron chi connectivity index (χ2n) is 6.73. The van der Waals surface area contributed by atoms with Crippen LogP contribution in [0.1, 0.15) is 11.4 Å². The van der Waals surface area contributed by atoms with Crippen molar-refractivity contribution in [2.45, 2.75) is 13.3 Å². The second kappa shape index (κ2) is 9.87. The third-order valence-electron chi connectivity index (χ3n) is 4.05. The Morgan fingerprint density at radius 1 is 1.03 bits per heavy atom. The van der Waals surface area contributed by atoms with Crippen LogP contribution in [0.4, 0.5) is 34.4 Å². The van der Waals surface area contributed by atoms with Crippen molar-refractivity contribution in [1.82, 2.24) is 25.1 Å². The van der Waals surface area contributed by atoms with Crippen LogP contribution in [0.2, 0.25) is 0 Å². The van der Waals surface area contributed by atoms with Gasteiger partial charge >= 0.3 is 0 Å². The molecule has 3 N–H and O–H groups in total. The Labute approximate surface area is 179 Å². The number of nitrogens with zero attached hydrogens (tertiary/aromatic N) is 9. The fourth-order valence-corrected chi connectivity index (χ4v) is 3.02. The summed E-state index contributed by atoms with van der Waals surface area (Å²) < 4.78 is 0. The molecular formula is C18H25N11S. The van der Waals surface area contributed by atoms with Crippen LogP contribution in [0.3, 0.4) is 0 Å². The smallest absolute Gasteiger partial charge is 0.251 e. The first kappa shape index (κ1) is 21.3. The number of anilines is 4. The number of aromatic nitrogens is 5. The monoisotopic (exact) mass is 427 g/mol. The van der Waals surface area contributed by atoms with E-state index >= 15 is 0 Å². The van der Waals surface area contributed by atoms with E-state index in [9.17, 15) is 0 Å². The highest BCUT2D eigenvalue weighted by atomic mass is 32.1. The van der Waals surface area contributed by atoms with E-state index in [0.717, 1.165) is 29.3 Å². The van der Waals surface area contributed by atoms with Crippen LogP contribution in [0, 0.1) is 6.92 Å². The molecule has 1 aromatic carbocycles. The summed E-state index contributed by atoms with van der Waals surface area (Å²) in [5.74, 6) is 1.21. The average molecular weight is 428 g/mol. The minimum absolute atomic E-state index is 0.201. The van der Waals surface area contributed by atoms with E-state index in [4.69, 9.17) is 5.73 Å². The van der Waals surface area contributed by atoms with Crippen molar-refractivity contribution in [1.29, 1.82) is 0 Å². The molecule has 0 unspecified atom stereocenters. The molecule has 0 aliphatic carbocycles. The summed E-state index contributed by atoms with van der Waals surface area (Å²) in [5, 5.41) is 20.8. The zero-order valence-corrected chi connectivity index (χ0v) is 18.3. The average Bonchev–Trinajstić information content (AvgIpc) is 3.14. The SMILES string of the molecule is Cc1nnc(N=Nc2ccc(N(C)CCCNc3nc(N)nc(N(C)C)n3)cc2)s1. The first-order valence-corrected chi connectivity index (χ1v) is 10.2. The Bertz CT molecular complexity index is 984. The Kier molecular flexibility index (Phi) is 7.01. The van der Waals surface area contributed by atoms with Gasteiger partial charge in [-0.15, -0.1) is 20.4 Å². The largest absolute Gasteiger partial charge is 0.375 e. The van der Waals surface area contributed by atoms with E-state index in [2.05, 4.69) is 45.6 Å². The maximum Gasteiger partial charge on any atom is 0.251 e. The van der Waals surface area contributed by atoms with Gasteiger partial charge in [0.2, 0.25) is 17.8 Å². The van der Waals surface area contributed by atoms with Gasteiger partial charge in [0.25, 0.3) is 5.13 Å². The molecule has 0 radical (unpaired) electrons. The Hall–Kier alpha value is -3.41. The zero-order chi connectivity index (χ0) is 21.5. The first-order chi connectivity index (χ1) is 14.4. The number of hydrogen-bond acceptors (Lipinski definition) is 12. The molecule has 11 nitrogen and oxygen atoms in total. The van der Waals surface area contributed by atoms with Crippen molar-refractivity contribution >= 4 is 45.7 Å². The van der Waals surface area contributed by atoms with Crippen LogP contribution in [-0.4, -0.2) is 59.4 Å². The van der Waals surface area contributed by atoms with E-state index in [0.29, 0.717) is 23.6 Å². The highest BCUT2D eigenvalue weighted by Crippen LogP contribution is 2.23. The molecule has 0 aliphatic rings. The summed E-state index contributed by atoms with van der Waals surface area (Å²) in [6.45, 7) is 3.46. The van der Waals surface area contributed by atoms with Crippen molar-refractivity contribution in [2.75, 3.05) is 55.1 Å². The fraction of sp³-hybridized carbons (Fsp3) is 0.389. The number of nitrogen functional groups attached to an aromatic ring is 1. The molecule has 0 atom stereocenters. The van der Waals surface area contributed by atoms with Gasteiger partial charge in [0.15, 0.2) is 0 Å². The van der Waals surface area contributed by atoms with E-state index in [-0.39, 0.29) is 5.95 Å². The number of azo groups is 1. The third-order valence-corrected chi connectivity index (χ3v) is 4.77. The molecule has 3 aromatic rings. The number of rotatable bonds is 9. The minimum atomic E-state index is 0.201. The third kappa shape index (κ3) is 6.04. The summed E-state index contributed by atoms with van der Waals surface area (Å²) in [5.41, 5.74) is 7.60. The first-order valence-electron chi connectivity index (χ1n) is 9.36. The van der Waals surface area contributed by atoms with Gasteiger partial charge in [-0.2, -0.15) is 15.0 Å². The van der Waals surface area contributed by atoms with Crippen molar-refractivity contribution < 1.29 is 0 Å². The quantitative estimate of drug-likeness (QED) is 0.390. The predicted octanol–water partition coefficient (Wildman–Crippen LogP) is 3.03. The lowest BCUT2D eigenvalue weighted by atomic mass is 10.2. The maximum atomic E-state index is 5.74. The molecule has 30 heavy (non-hydrogen) atoms. The van der Waals surface area contributed by atoms with Crippen LogP contribution in [0.25, 0.3) is 0 Å². The van der Waals surface area contributed by atoms with E-state index in [1.165, 1.54) is 11.3 Å². The number of aryl methyl sites for hydroxylation is 1. The van der Waals surface area contributed by atoms with E-state index in [1.807, 2.05) is 52.3 Å². The highest BCUT2D eigenvalue weighted by molar-refractivity contribution is 7.14. The lowest BCUT2D eigenvalue weighted by Gasteiger charge is -2.19. The van der Waals surface area contributed by atoms with E-state index < -0.39 is 0 Å². The summed E-state index contributed by atoms with van der Waals surface area (Å²) in [6, 6.07) is 7.89. The lowest BCUT2D eigenvalue weighted by Crippen LogP contribution is -2.21. The fourth-order valence-electron chi connectivity index (χ4n) is 2.51. The molecule has 0 aliphatic heterocycles. The van der Waals surface area contributed by atoms with Crippen LogP contribution >= 0.6 is 11.3 Å². The van der Waals surface area contributed by atoms with Gasteiger partial charge in [-0.1, -0.05) is 11.3 Å². The van der Waals surface area contributed by atoms with Crippen molar-refractivity contribution in [2.24, 2.45) is 10.2 Å². The van der Waals surface area contributed by atoms with Crippen LogP contribution in [-0.2, 0) is 0 Å².